The van der Waals surface area contributed by atoms with Crippen LogP contribution in [0.15, 0.2) is 24.3 Å². The molecule has 2 rings (SSSR count). The van der Waals surface area contributed by atoms with Crippen molar-refractivity contribution in [2.45, 2.75) is 32.1 Å². The Labute approximate surface area is 101 Å². The predicted molar refractivity (Wildman–Crippen MR) is 65.4 cm³/mol. The Hall–Kier alpha value is -0.960. The lowest BCUT2D eigenvalue weighted by Crippen LogP contribution is -2.45. The molecule has 1 fully saturated rings. The first-order valence-corrected chi connectivity index (χ1v) is 6.28. The third kappa shape index (κ3) is 3.03. The molecule has 0 aliphatic carbocycles. The number of nitrogens with one attached hydrogen (secondary N) is 1. The topological polar surface area (TPSA) is 12.0 Å². The van der Waals surface area contributed by atoms with Crippen LogP contribution in [0.5, 0.6) is 0 Å². The first-order valence-electron chi connectivity index (χ1n) is 6.28. The highest BCUT2D eigenvalue weighted by atomic mass is 19.3. The van der Waals surface area contributed by atoms with Gasteiger partial charge in [-0.2, -0.15) is 0 Å². The minimum atomic E-state index is -2.52. The van der Waals surface area contributed by atoms with Gasteiger partial charge in [-0.05, 0) is 24.0 Å². The van der Waals surface area contributed by atoms with Crippen molar-refractivity contribution in [3.05, 3.63) is 35.4 Å². The molecule has 1 aromatic carbocycles. The summed E-state index contributed by atoms with van der Waals surface area (Å²) < 4.78 is 27.4. The van der Waals surface area contributed by atoms with E-state index < -0.39 is 11.8 Å². The van der Waals surface area contributed by atoms with E-state index in [2.05, 4.69) is 12.2 Å². The summed E-state index contributed by atoms with van der Waals surface area (Å²) in [5, 5.41) is 3.06. The molecule has 1 atom stereocenters. The van der Waals surface area contributed by atoms with Gasteiger partial charge in [0.1, 0.15) is 0 Å². The standard InChI is InChI=1S/C14H19F2N/c1-2-11-4-3-5-12(8-11)9-13-10-17-7-6-14(13,15)16/h3-5,8,13,17H,2,6-7,9-10H2,1H3. The minimum Gasteiger partial charge on any atom is -0.316 e. The van der Waals surface area contributed by atoms with Gasteiger partial charge >= 0.3 is 0 Å². The van der Waals surface area contributed by atoms with Crippen LogP contribution in [0.4, 0.5) is 8.78 Å². The molecule has 0 saturated carbocycles. The number of benzene rings is 1. The van der Waals surface area contributed by atoms with Gasteiger partial charge in [-0.15, -0.1) is 0 Å². The summed E-state index contributed by atoms with van der Waals surface area (Å²) in [6.07, 6.45) is 1.38. The summed E-state index contributed by atoms with van der Waals surface area (Å²) in [5.74, 6) is -3.09. The van der Waals surface area contributed by atoms with Gasteiger partial charge in [0.15, 0.2) is 0 Å². The molecule has 94 valence electrons. The molecule has 1 nitrogen and oxygen atoms in total. The fraction of sp³-hybridized carbons (Fsp3) is 0.571. The molecule has 0 aromatic heterocycles. The molecule has 1 aliphatic rings. The van der Waals surface area contributed by atoms with Gasteiger partial charge in [-0.1, -0.05) is 31.2 Å². The van der Waals surface area contributed by atoms with Crippen LogP contribution in [-0.4, -0.2) is 19.0 Å². The van der Waals surface area contributed by atoms with E-state index >= 15 is 0 Å². The van der Waals surface area contributed by atoms with Crippen LogP contribution < -0.4 is 5.32 Å². The lowest BCUT2D eigenvalue weighted by molar-refractivity contribution is -0.0776. The van der Waals surface area contributed by atoms with E-state index in [0.29, 0.717) is 19.5 Å². The van der Waals surface area contributed by atoms with E-state index in [4.69, 9.17) is 0 Å². The van der Waals surface area contributed by atoms with Crippen LogP contribution in [0.25, 0.3) is 0 Å². The van der Waals surface area contributed by atoms with Crippen molar-refractivity contribution in [2.75, 3.05) is 13.1 Å². The molecule has 1 aromatic rings. The highest BCUT2D eigenvalue weighted by Gasteiger charge is 2.41. The number of hydrogen-bond donors (Lipinski definition) is 1. The van der Waals surface area contributed by atoms with Crippen LogP contribution in [0, 0.1) is 5.92 Å². The molecule has 1 heterocycles. The monoisotopic (exact) mass is 239 g/mol. The largest absolute Gasteiger partial charge is 0.316 e. The Bertz CT molecular complexity index is 376. The summed E-state index contributed by atoms with van der Waals surface area (Å²) in [6.45, 7) is 2.93. The number of piperidine rings is 1. The smallest absolute Gasteiger partial charge is 0.253 e. The Morgan fingerprint density at radius 1 is 1.35 bits per heavy atom. The van der Waals surface area contributed by atoms with Crippen LogP contribution >= 0.6 is 0 Å². The van der Waals surface area contributed by atoms with Crippen LogP contribution in [-0.2, 0) is 12.8 Å². The second kappa shape index (κ2) is 5.13. The fourth-order valence-electron chi connectivity index (χ4n) is 2.37. The maximum Gasteiger partial charge on any atom is 0.253 e. The van der Waals surface area contributed by atoms with Gasteiger partial charge in [-0.3, -0.25) is 0 Å². The molecule has 1 aliphatic heterocycles. The quantitative estimate of drug-likeness (QED) is 0.855. The molecule has 1 saturated heterocycles. The van der Waals surface area contributed by atoms with Crippen molar-refractivity contribution in [1.29, 1.82) is 0 Å². The lowest BCUT2D eigenvalue weighted by atomic mass is 9.88. The number of alkyl halides is 2. The summed E-state index contributed by atoms with van der Waals surface area (Å²) in [5.41, 5.74) is 2.24. The number of hydrogen-bond acceptors (Lipinski definition) is 1. The molecule has 3 heteroatoms. The van der Waals surface area contributed by atoms with Gasteiger partial charge in [0.05, 0.1) is 0 Å². The van der Waals surface area contributed by atoms with E-state index in [1.807, 2.05) is 24.3 Å². The summed E-state index contributed by atoms with van der Waals surface area (Å²) in [7, 11) is 0. The number of rotatable bonds is 3. The minimum absolute atomic E-state index is 0.0366. The average Bonchev–Trinajstić information content (AvgIpc) is 2.32. The number of halogens is 2. The summed E-state index contributed by atoms with van der Waals surface area (Å²) in [4.78, 5) is 0. The van der Waals surface area contributed by atoms with E-state index in [-0.39, 0.29) is 6.42 Å². The van der Waals surface area contributed by atoms with Crippen molar-refractivity contribution in [2.24, 2.45) is 5.92 Å². The van der Waals surface area contributed by atoms with Gasteiger partial charge in [-0.25, -0.2) is 8.78 Å². The molecule has 17 heavy (non-hydrogen) atoms. The third-order valence-corrected chi connectivity index (χ3v) is 3.50. The molecule has 0 amide bonds. The van der Waals surface area contributed by atoms with Gasteiger partial charge in [0, 0.05) is 25.4 Å². The van der Waals surface area contributed by atoms with Crippen molar-refractivity contribution in [3.63, 3.8) is 0 Å². The zero-order chi connectivity index (χ0) is 12.3. The fourth-order valence-corrected chi connectivity index (χ4v) is 2.37. The summed E-state index contributed by atoms with van der Waals surface area (Å²) >= 11 is 0. The highest BCUT2D eigenvalue weighted by molar-refractivity contribution is 5.24. The SMILES string of the molecule is CCc1cccc(CC2CNCCC2(F)F)c1. The first kappa shape index (κ1) is 12.5. The second-order valence-corrected chi connectivity index (χ2v) is 4.79. The molecule has 1 N–H and O–H groups in total. The molecular formula is C14H19F2N. The van der Waals surface area contributed by atoms with Gasteiger partial charge in [0.2, 0.25) is 0 Å². The normalized spacial score (nSPS) is 23.6. The molecule has 0 spiro atoms. The predicted octanol–water partition coefficient (Wildman–Crippen LogP) is 3.04. The second-order valence-electron chi connectivity index (χ2n) is 4.79. The van der Waals surface area contributed by atoms with Crippen molar-refractivity contribution in [3.8, 4) is 0 Å². The maximum atomic E-state index is 13.7. The Kier molecular flexibility index (Phi) is 3.77. The van der Waals surface area contributed by atoms with Crippen LogP contribution in [0.3, 0.4) is 0 Å². The van der Waals surface area contributed by atoms with Crippen molar-refractivity contribution < 1.29 is 8.78 Å². The van der Waals surface area contributed by atoms with Gasteiger partial charge < -0.3 is 5.32 Å². The van der Waals surface area contributed by atoms with Gasteiger partial charge in [0.25, 0.3) is 5.92 Å². The van der Waals surface area contributed by atoms with Crippen molar-refractivity contribution >= 4 is 0 Å². The zero-order valence-electron chi connectivity index (χ0n) is 10.2. The average molecular weight is 239 g/mol. The highest BCUT2D eigenvalue weighted by Crippen LogP contribution is 2.32. The van der Waals surface area contributed by atoms with E-state index in [1.54, 1.807) is 0 Å². The van der Waals surface area contributed by atoms with Crippen LogP contribution in [0.1, 0.15) is 24.5 Å². The summed E-state index contributed by atoms with van der Waals surface area (Å²) in [6, 6.07) is 8.00. The maximum absolute atomic E-state index is 13.7. The van der Waals surface area contributed by atoms with E-state index in [1.165, 1.54) is 5.56 Å². The Balaban J connectivity index is 2.08. The molecule has 1 unspecified atom stereocenters. The first-order chi connectivity index (χ1) is 8.12. The number of aryl methyl sites for hydroxylation is 1. The lowest BCUT2D eigenvalue weighted by Gasteiger charge is -2.32. The molecule has 0 bridgehead atoms. The van der Waals surface area contributed by atoms with Crippen LogP contribution in [0.2, 0.25) is 0 Å². The Morgan fingerprint density at radius 3 is 2.82 bits per heavy atom. The Morgan fingerprint density at radius 2 is 2.12 bits per heavy atom. The van der Waals surface area contributed by atoms with Crippen molar-refractivity contribution in [1.82, 2.24) is 5.32 Å². The van der Waals surface area contributed by atoms with E-state index in [9.17, 15) is 8.78 Å². The van der Waals surface area contributed by atoms with E-state index in [0.717, 1.165) is 12.0 Å². The molecular weight excluding hydrogens is 220 g/mol. The zero-order valence-corrected chi connectivity index (χ0v) is 10.2. The third-order valence-electron chi connectivity index (χ3n) is 3.50. The molecule has 0 radical (unpaired) electrons.